The molecule has 0 radical (unpaired) electrons. The van der Waals surface area contributed by atoms with Crippen molar-refractivity contribution in [3.63, 3.8) is 0 Å². The van der Waals surface area contributed by atoms with Gasteiger partial charge in [0.25, 0.3) is 0 Å². The molecule has 3 heteroatoms. The van der Waals surface area contributed by atoms with Crippen LogP contribution in [-0.2, 0) is 10.8 Å². The van der Waals surface area contributed by atoms with E-state index < -0.39 is 10.8 Å². The topological polar surface area (TPSA) is 29.1 Å². The van der Waals surface area contributed by atoms with Gasteiger partial charge < -0.3 is 5.32 Å². The van der Waals surface area contributed by atoms with Crippen molar-refractivity contribution in [1.29, 1.82) is 0 Å². The van der Waals surface area contributed by atoms with Crippen molar-refractivity contribution in [3.05, 3.63) is 0 Å². The highest BCUT2D eigenvalue weighted by Gasteiger charge is 2.37. The molecule has 1 aliphatic carbocycles. The molecule has 120 valence electrons. The first-order chi connectivity index (χ1) is 9.40. The average molecular weight is 302 g/mol. The molecule has 1 aliphatic rings. The molecule has 0 spiro atoms. The molecule has 0 aliphatic heterocycles. The zero-order valence-corrected chi connectivity index (χ0v) is 15.0. The quantitative estimate of drug-likeness (QED) is 0.717. The fraction of sp³-hybridized carbons (Fsp3) is 1.00. The van der Waals surface area contributed by atoms with Crippen LogP contribution in [0.5, 0.6) is 0 Å². The fourth-order valence-electron chi connectivity index (χ4n) is 3.35. The Hall–Kier alpha value is 0.110. The van der Waals surface area contributed by atoms with Gasteiger partial charge in [-0.2, -0.15) is 0 Å². The van der Waals surface area contributed by atoms with Crippen molar-refractivity contribution < 1.29 is 4.21 Å². The molecule has 0 aromatic carbocycles. The molecule has 0 bridgehead atoms. The summed E-state index contributed by atoms with van der Waals surface area (Å²) >= 11 is 0. The van der Waals surface area contributed by atoms with Gasteiger partial charge in [-0.15, -0.1) is 0 Å². The summed E-state index contributed by atoms with van der Waals surface area (Å²) in [5.74, 6) is 1.62. The zero-order chi connectivity index (χ0) is 15.2. The molecule has 0 amide bonds. The Morgan fingerprint density at radius 1 is 1.15 bits per heavy atom. The van der Waals surface area contributed by atoms with E-state index in [-0.39, 0.29) is 0 Å². The molecule has 1 rings (SSSR count). The molecule has 0 heterocycles. The molecule has 1 N–H and O–H groups in total. The number of unbranched alkanes of at least 4 members (excludes halogenated alkanes) is 2. The number of hydrogen-bond acceptors (Lipinski definition) is 2. The van der Waals surface area contributed by atoms with Crippen molar-refractivity contribution in [1.82, 2.24) is 5.32 Å². The van der Waals surface area contributed by atoms with Gasteiger partial charge in [-0.1, -0.05) is 47.5 Å². The lowest BCUT2D eigenvalue weighted by molar-refractivity contribution is 0.164. The van der Waals surface area contributed by atoms with E-state index in [1.165, 1.54) is 25.7 Å². The predicted molar refractivity (Wildman–Crippen MR) is 90.6 cm³/mol. The Balaban J connectivity index is 2.65. The zero-order valence-electron chi connectivity index (χ0n) is 14.2. The number of nitrogens with one attached hydrogen (secondary N) is 1. The lowest BCUT2D eigenvalue weighted by atomic mass is 9.71. The van der Waals surface area contributed by atoms with E-state index in [1.54, 1.807) is 0 Å². The van der Waals surface area contributed by atoms with Gasteiger partial charge in [-0.25, -0.2) is 0 Å². The summed E-state index contributed by atoms with van der Waals surface area (Å²) < 4.78 is 12.7. The Morgan fingerprint density at radius 2 is 1.85 bits per heavy atom. The number of rotatable bonds is 7. The minimum atomic E-state index is -0.658. The lowest BCUT2D eigenvalue weighted by Crippen LogP contribution is -2.48. The maximum absolute atomic E-state index is 12.7. The van der Waals surface area contributed by atoms with Crippen LogP contribution in [0.2, 0.25) is 0 Å². The van der Waals surface area contributed by atoms with E-state index in [2.05, 4.69) is 39.9 Å². The van der Waals surface area contributed by atoms with Crippen LogP contribution in [-0.4, -0.2) is 27.8 Å². The molecule has 4 atom stereocenters. The van der Waals surface area contributed by atoms with Crippen molar-refractivity contribution in [2.75, 3.05) is 12.3 Å². The second-order valence-electron chi connectivity index (χ2n) is 7.37. The van der Waals surface area contributed by atoms with Gasteiger partial charge in [0.1, 0.15) is 0 Å². The number of hydrogen-bond donors (Lipinski definition) is 1. The van der Waals surface area contributed by atoms with E-state index in [4.69, 9.17) is 0 Å². The second kappa shape index (κ2) is 8.53. The van der Waals surface area contributed by atoms with Crippen LogP contribution in [0.15, 0.2) is 0 Å². The van der Waals surface area contributed by atoms with Crippen molar-refractivity contribution in [2.24, 2.45) is 11.3 Å². The van der Waals surface area contributed by atoms with Gasteiger partial charge >= 0.3 is 0 Å². The minimum absolute atomic E-state index is 0.350. The molecule has 0 aromatic rings. The maximum Gasteiger partial charge on any atom is 0.0504 e. The Morgan fingerprint density at radius 3 is 2.40 bits per heavy atom. The van der Waals surface area contributed by atoms with Crippen LogP contribution < -0.4 is 5.32 Å². The van der Waals surface area contributed by atoms with Crippen molar-refractivity contribution in [3.8, 4) is 0 Å². The Bertz CT molecular complexity index is 298. The summed E-state index contributed by atoms with van der Waals surface area (Å²) in [6, 6.07) is 0.473. The third-order valence-corrected chi connectivity index (χ3v) is 6.66. The monoisotopic (exact) mass is 301 g/mol. The Labute approximate surface area is 128 Å². The van der Waals surface area contributed by atoms with Crippen LogP contribution in [0.25, 0.3) is 0 Å². The van der Waals surface area contributed by atoms with Gasteiger partial charge in [-0.05, 0) is 43.6 Å². The van der Waals surface area contributed by atoms with Crippen LogP contribution in [0, 0.1) is 11.3 Å². The summed E-state index contributed by atoms with van der Waals surface area (Å²) in [5.41, 5.74) is 0.350. The maximum atomic E-state index is 12.7. The van der Waals surface area contributed by atoms with Crippen molar-refractivity contribution in [2.45, 2.75) is 84.4 Å². The van der Waals surface area contributed by atoms with E-state index in [0.717, 1.165) is 31.1 Å². The van der Waals surface area contributed by atoms with E-state index in [9.17, 15) is 4.21 Å². The van der Waals surface area contributed by atoms with Gasteiger partial charge in [0, 0.05) is 22.6 Å². The summed E-state index contributed by atoms with van der Waals surface area (Å²) in [5, 5.41) is 3.95. The third-order valence-electron chi connectivity index (χ3n) is 4.77. The second-order valence-corrected chi connectivity index (χ2v) is 9.15. The first-order valence-electron chi connectivity index (χ1n) is 8.50. The van der Waals surface area contributed by atoms with Crippen molar-refractivity contribution >= 4 is 10.8 Å². The van der Waals surface area contributed by atoms with Crippen LogP contribution >= 0.6 is 0 Å². The molecule has 0 aromatic heterocycles. The molecule has 20 heavy (non-hydrogen) atoms. The minimum Gasteiger partial charge on any atom is -0.313 e. The largest absolute Gasteiger partial charge is 0.313 e. The highest BCUT2D eigenvalue weighted by atomic mass is 32.2. The van der Waals surface area contributed by atoms with Gasteiger partial charge in [0.2, 0.25) is 0 Å². The molecule has 1 fully saturated rings. The SMILES string of the molecule is CCCCCS(=O)C1CC(C(C)(C)C)CCC1NCC. The average Bonchev–Trinajstić information content (AvgIpc) is 2.38. The van der Waals surface area contributed by atoms with E-state index in [0.29, 0.717) is 16.7 Å². The van der Waals surface area contributed by atoms with E-state index in [1.807, 2.05) is 0 Å². The molecule has 0 saturated heterocycles. The Kier molecular flexibility index (Phi) is 7.74. The molecular formula is C17H35NOS. The highest BCUT2D eigenvalue weighted by Crippen LogP contribution is 2.39. The standard InChI is InChI=1S/C17H35NOS/c1-6-8-9-12-20(19)16-13-14(17(3,4)5)10-11-15(16)18-7-2/h14-16,18H,6-13H2,1-5H3. The van der Waals surface area contributed by atoms with Crippen LogP contribution in [0.1, 0.15) is 73.1 Å². The summed E-state index contributed by atoms with van der Waals surface area (Å²) in [4.78, 5) is 0. The summed E-state index contributed by atoms with van der Waals surface area (Å²) in [6.07, 6.45) is 7.17. The van der Waals surface area contributed by atoms with Crippen LogP contribution in [0.3, 0.4) is 0 Å². The molecule has 4 unspecified atom stereocenters. The van der Waals surface area contributed by atoms with Crippen LogP contribution in [0.4, 0.5) is 0 Å². The third kappa shape index (κ3) is 5.48. The van der Waals surface area contributed by atoms with E-state index >= 15 is 0 Å². The normalized spacial score (nSPS) is 29.4. The fourth-order valence-corrected chi connectivity index (χ4v) is 5.18. The molecular weight excluding hydrogens is 266 g/mol. The smallest absolute Gasteiger partial charge is 0.0504 e. The first-order valence-corrected chi connectivity index (χ1v) is 9.88. The summed E-state index contributed by atoms with van der Waals surface area (Å²) in [6.45, 7) is 12.4. The van der Waals surface area contributed by atoms with Gasteiger partial charge in [-0.3, -0.25) is 4.21 Å². The van der Waals surface area contributed by atoms with Gasteiger partial charge in [0.05, 0.1) is 5.25 Å². The predicted octanol–water partition coefficient (Wildman–Crippen LogP) is 4.12. The highest BCUT2D eigenvalue weighted by molar-refractivity contribution is 7.85. The molecule has 2 nitrogen and oxygen atoms in total. The van der Waals surface area contributed by atoms with Gasteiger partial charge in [0.15, 0.2) is 0 Å². The summed E-state index contributed by atoms with van der Waals surface area (Å²) in [7, 11) is -0.658. The lowest BCUT2D eigenvalue weighted by Gasteiger charge is -2.41. The first kappa shape index (κ1) is 18.2. The molecule has 1 saturated carbocycles.